The van der Waals surface area contributed by atoms with Crippen molar-refractivity contribution in [3.63, 3.8) is 0 Å². The molecule has 0 radical (unpaired) electrons. The van der Waals surface area contributed by atoms with Crippen LogP contribution >= 0.6 is 0 Å². The maximum Gasteiger partial charge on any atom is 0.235 e. The fraction of sp³-hybridized carbons (Fsp3) is 0.100. The molecule has 0 bridgehead atoms. The highest BCUT2D eigenvalue weighted by atomic mass is 16.6. The Morgan fingerprint density at radius 2 is 2.38 bits per heavy atom. The van der Waals surface area contributed by atoms with Crippen LogP contribution in [0.2, 0.25) is 0 Å². The minimum atomic E-state index is -0.515. The Bertz CT molecular complexity index is 559. The van der Waals surface area contributed by atoms with Crippen LogP contribution < -0.4 is 4.74 Å². The summed E-state index contributed by atoms with van der Waals surface area (Å²) in [7, 11) is 1.52. The highest BCUT2D eigenvalue weighted by Gasteiger charge is 2.04. The van der Waals surface area contributed by atoms with Gasteiger partial charge in [-0.2, -0.15) is 0 Å². The van der Waals surface area contributed by atoms with E-state index in [9.17, 15) is 10.1 Å². The zero-order valence-corrected chi connectivity index (χ0v) is 8.51. The van der Waals surface area contributed by atoms with E-state index in [2.05, 4.69) is 9.97 Å². The first-order valence-electron chi connectivity index (χ1n) is 4.54. The summed E-state index contributed by atoms with van der Waals surface area (Å²) in [5, 5.41) is 10.2. The SMILES string of the molecule is COc1ccc2[nH]cc(/C=C/[N+](=O)[O-])c2n1. The van der Waals surface area contributed by atoms with Crippen LogP contribution in [0.25, 0.3) is 17.1 Å². The number of hydrogen-bond donors (Lipinski definition) is 1. The van der Waals surface area contributed by atoms with Crippen molar-refractivity contribution < 1.29 is 9.66 Å². The van der Waals surface area contributed by atoms with Crippen LogP contribution in [0.15, 0.2) is 24.5 Å². The van der Waals surface area contributed by atoms with Crippen LogP contribution in [-0.2, 0) is 0 Å². The molecule has 16 heavy (non-hydrogen) atoms. The summed E-state index contributed by atoms with van der Waals surface area (Å²) < 4.78 is 4.99. The van der Waals surface area contributed by atoms with Gasteiger partial charge in [-0.25, -0.2) is 4.98 Å². The van der Waals surface area contributed by atoms with Crippen molar-refractivity contribution in [2.24, 2.45) is 0 Å². The van der Waals surface area contributed by atoms with Crippen LogP contribution in [0.1, 0.15) is 5.56 Å². The Morgan fingerprint density at radius 1 is 1.56 bits per heavy atom. The summed E-state index contributed by atoms with van der Waals surface area (Å²) in [6.07, 6.45) is 3.94. The lowest BCUT2D eigenvalue weighted by molar-refractivity contribution is -0.400. The fourth-order valence-electron chi connectivity index (χ4n) is 1.38. The average Bonchev–Trinajstić information content (AvgIpc) is 2.68. The number of nitrogens with one attached hydrogen (secondary N) is 1. The van der Waals surface area contributed by atoms with E-state index in [1.54, 1.807) is 12.3 Å². The molecule has 6 heteroatoms. The van der Waals surface area contributed by atoms with Gasteiger partial charge in [-0.1, -0.05) is 0 Å². The number of fused-ring (bicyclic) bond motifs is 1. The normalized spacial score (nSPS) is 11.1. The van der Waals surface area contributed by atoms with E-state index in [1.165, 1.54) is 13.2 Å². The second kappa shape index (κ2) is 4.01. The van der Waals surface area contributed by atoms with E-state index in [0.29, 0.717) is 17.0 Å². The van der Waals surface area contributed by atoms with Crippen molar-refractivity contribution in [2.75, 3.05) is 7.11 Å². The standard InChI is InChI=1S/C10H9N3O3/c1-16-9-3-2-8-10(12-9)7(6-11-8)4-5-13(14)15/h2-6,11H,1H3/b5-4+. The molecule has 2 heterocycles. The average molecular weight is 219 g/mol. The lowest BCUT2D eigenvalue weighted by atomic mass is 10.2. The Balaban J connectivity index is 2.49. The summed E-state index contributed by atoms with van der Waals surface area (Å²) in [6.45, 7) is 0. The van der Waals surface area contributed by atoms with Crippen molar-refractivity contribution in [2.45, 2.75) is 0 Å². The Hall–Kier alpha value is -2.37. The van der Waals surface area contributed by atoms with Gasteiger partial charge in [0.1, 0.15) is 0 Å². The second-order valence-electron chi connectivity index (χ2n) is 3.09. The van der Waals surface area contributed by atoms with Gasteiger partial charge < -0.3 is 9.72 Å². The quantitative estimate of drug-likeness (QED) is 0.630. The van der Waals surface area contributed by atoms with E-state index in [0.717, 1.165) is 11.7 Å². The number of nitro groups is 1. The molecule has 0 aliphatic rings. The third kappa shape index (κ3) is 1.85. The molecule has 0 fully saturated rings. The van der Waals surface area contributed by atoms with Crippen LogP contribution in [0.4, 0.5) is 0 Å². The third-order valence-corrected chi connectivity index (χ3v) is 2.11. The van der Waals surface area contributed by atoms with Gasteiger partial charge in [0.05, 0.1) is 23.1 Å². The Morgan fingerprint density at radius 3 is 3.06 bits per heavy atom. The molecule has 0 aromatic carbocycles. The summed E-state index contributed by atoms with van der Waals surface area (Å²) in [5.41, 5.74) is 2.12. The van der Waals surface area contributed by atoms with Crippen LogP contribution in [-0.4, -0.2) is 22.0 Å². The molecule has 0 unspecified atom stereocenters. The number of methoxy groups -OCH3 is 1. The number of nitrogens with zero attached hydrogens (tertiary/aromatic N) is 2. The molecule has 0 spiro atoms. The predicted octanol–water partition coefficient (Wildman–Crippen LogP) is 1.82. The minimum absolute atomic E-state index is 0.475. The molecule has 1 N–H and O–H groups in total. The molecular formula is C10H9N3O3. The molecule has 2 rings (SSSR count). The van der Waals surface area contributed by atoms with E-state index in [1.807, 2.05) is 6.07 Å². The van der Waals surface area contributed by atoms with Crippen molar-refractivity contribution in [3.05, 3.63) is 40.2 Å². The highest BCUT2D eigenvalue weighted by Crippen LogP contribution is 2.20. The van der Waals surface area contributed by atoms with E-state index < -0.39 is 4.92 Å². The predicted molar refractivity (Wildman–Crippen MR) is 58.7 cm³/mol. The Kier molecular flexibility index (Phi) is 2.55. The monoisotopic (exact) mass is 219 g/mol. The Labute approximate surface area is 90.7 Å². The molecular weight excluding hydrogens is 210 g/mol. The van der Waals surface area contributed by atoms with Gasteiger partial charge in [0.2, 0.25) is 12.1 Å². The number of H-pyrrole nitrogens is 1. The number of hydrogen-bond acceptors (Lipinski definition) is 4. The molecule has 0 amide bonds. The topological polar surface area (TPSA) is 81.0 Å². The summed E-state index contributed by atoms with van der Waals surface area (Å²) in [4.78, 5) is 16.9. The summed E-state index contributed by atoms with van der Waals surface area (Å²) in [6, 6.07) is 3.53. The maximum atomic E-state index is 10.2. The molecule has 0 saturated heterocycles. The number of ether oxygens (including phenoxy) is 1. The summed E-state index contributed by atoms with van der Waals surface area (Å²) in [5.74, 6) is 0.475. The van der Waals surface area contributed by atoms with Crippen molar-refractivity contribution in [1.29, 1.82) is 0 Å². The molecule has 6 nitrogen and oxygen atoms in total. The highest BCUT2D eigenvalue weighted by molar-refractivity contribution is 5.85. The number of rotatable bonds is 3. The molecule has 2 aromatic rings. The maximum absolute atomic E-state index is 10.2. The first-order valence-corrected chi connectivity index (χ1v) is 4.54. The summed E-state index contributed by atoms with van der Waals surface area (Å²) >= 11 is 0. The van der Waals surface area contributed by atoms with Crippen molar-refractivity contribution >= 4 is 17.1 Å². The minimum Gasteiger partial charge on any atom is -0.481 e. The smallest absolute Gasteiger partial charge is 0.235 e. The van der Waals surface area contributed by atoms with E-state index in [4.69, 9.17) is 4.74 Å². The van der Waals surface area contributed by atoms with Crippen LogP contribution in [0.3, 0.4) is 0 Å². The molecule has 0 atom stereocenters. The number of pyridine rings is 1. The molecule has 0 aliphatic carbocycles. The molecule has 0 aliphatic heterocycles. The second-order valence-corrected chi connectivity index (χ2v) is 3.09. The first-order chi connectivity index (χ1) is 7.70. The fourth-order valence-corrected chi connectivity index (χ4v) is 1.38. The molecule has 2 aromatic heterocycles. The largest absolute Gasteiger partial charge is 0.481 e. The van der Waals surface area contributed by atoms with Gasteiger partial charge in [-0.05, 0) is 6.07 Å². The van der Waals surface area contributed by atoms with Gasteiger partial charge in [-0.15, -0.1) is 0 Å². The zero-order chi connectivity index (χ0) is 11.5. The van der Waals surface area contributed by atoms with Gasteiger partial charge >= 0.3 is 0 Å². The number of aromatic amines is 1. The lowest BCUT2D eigenvalue weighted by Gasteiger charge is -1.97. The van der Waals surface area contributed by atoms with Crippen LogP contribution in [0, 0.1) is 10.1 Å². The van der Waals surface area contributed by atoms with Gasteiger partial charge in [0.15, 0.2) is 0 Å². The van der Waals surface area contributed by atoms with Crippen LogP contribution in [0.5, 0.6) is 5.88 Å². The van der Waals surface area contributed by atoms with Gasteiger partial charge in [0.25, 0.3) is 0 Å². The number of aromatic nitrogens is 2. The van der Waals surface area contributed by atoms with E-state index >= 15 is 0 Å². The molecule has 82 valence electrons. The van der Waals surface area contributed by atoms with Crippen molar-refractivity contribution in [1.82, 2.24) is 9.97 Å². The zero-order valence-electron chi connectivity index (χ0n) is 8.51. The van der Waals surface area contributed by atoms with E-state index in [-0.39, 0.29) is 0 Å². The van der Waals surface area contributed by atoms with Gasteiger partial charge in [-0.3, -0.25) is 10.1 Å². The molecule has 0 saturated carbocycles. The lowest BCUT2D eigenvalue weighted by Crippen LogP contribution is -1.87. The first kappa shape index (κ1) is 10.2. The van der Waals surface area contributed by atoms with Crippen molar-refractivity contribution in [3.8, 4) is 5.88 Å². The van der Waals surface area contributed by atoms with Gasteiger partial charge in [0, 0.05) is 23.9 Å². The third-order valence-electron chi connectivity index (χ3n) is 2.11.